The Balaban J connectivity index is 2.44. The van der Waals surface area contributed by atoms with Crippen molar-refractivity contribution in [2.24, 2.45) is 5.92 Å². The summed E-state index contributed by atoms with van der Waals surface area (Å²) in [6.45, 7) is 0.934. The fourth-order valence-electron chi connectivity index (χ4n) is 1.90. The lowest BCUT2D eigenvalue weighted by atomic mass is 9.94. The number of nitrogens with zero attached hydrogens (tertiary/aromatic N) is 1. The fourth-order valence-corrected chi connectivity index (χ4v) is 1.90. The quantitative estimate of drug-likeness (QED) is 0.569. The Labute approximate surface area is 108 Å². The first-order chi connectivity index (χ1) is 8.63. The zero-order valence-electron chi connectivity index (χ0n) is 11.0. The SMILES string of the molecule is CN(C)C(=O)O[C@@H]1/C=C/CC[C@@H](COC=O)CC1. The summed E-state index contributed by atoms with van der Waals surface area (Å²) >= 11 is 0. The zero-order chi connectivity index (χ0) is 13.4. The van der Waals surface area contributed by atoms with E-state index in [0.717, 1.165) is 25.7 Å². The van der Waals surface area contributed by atoms with Gasteiger partial charge in [-0.15, -0.1) is 0 Å². The molecule has 0 fully saturated rings. The molecule has 5 heteroatoms. The maximum atomic E-state index is 11.5. The van der Waals surface area contributed by atoms with Crippen LogP contribution in [-0.4, -0.2) is 44.3 Å². The van der Waals surface area contributed by atoms with Gasteiger partial charge >= 0.3 is 6.09 Å². The first kappa shape index (κ1) is 14.5. The zero-order valence-corrected chi connectivity index (χ0v) is 11.0. The molecule has 18 heavy (non-hydrogen) atoms. The summed E-state index contributed by atoms with van der Waals surface area (Å²) in [5.41, 5.74) is 0. The number of carbonyl (C=O) groups excluding carboxylic acids is 2. The molecule has 0 bridgehead atoms. The predicted molar refractivity (Wildman–Crippen MR) is 67.1 cm³/mol. The number of hydrogen-bond acceptors (Lipinski definition) is 4. The standard InChI is InChI=1S/C13H21NO4/c1-14(2)13(16)18-12-6-4-3-5-11(7-8-12)9-17-10-15/h4,6,10-12H,3,5,7-9H2,1-2H3/b6-4+/t11-,12-/m1/s1. The third-order valence-corrected chi connectivity index (χ3v) is 2.97. The molecule has 0 saturated heterocycles. The Kier molecular flexibility index (Phi) is 6.25. The van der Waals surface area contributed by atoms with Crippen molar-refractivity contribution in [3.05, 3.63) is 12.2 Å². The first-order valence-electron chi connectivity index (χ1n) is 6.23. The largest absolute Gasteiger partial charge is 0.468 e. The summed E-state index contributed by atoms with van der Waals surface area (Å²) in [6, 6.07) is 0. The van der Waals surface area contributed by atoms with Crippen LogP contribution in [0, 0.1) is 5.92 Å². The summed E-state index contributed by atoms with van der Waals surface area (Å²) in [5, 5.41) is 0. The molecule has 1 rings (SSSR count). The molecule has 0 unspecified atom stereocenters. The summed E-state index contributed by atoms with van der Waals surface area (Å²) in [6.07, 6.45) is 7.04. The Bertz CT molecular complexity index is 301. The molecule has 0 N–H and O–H groups in total. The minimum atomic E-state index is -0.328. The minimum absolute atomic E-state index is 0.182. The van der Waals surface area contributed by atoms with E-state index >= 15 is 0 Å². The highest BCUT2D eigenvalue weighted by Gasteiger charge is 2.18. The first-order valence-corrected chi connectivity index (χ1v) is 6.23. The van der Waals surface area contributed by atoms with E-state index in [1.807, 2.05) is 12.2 Å². The highest BCUT2D eigenvalue weighted by Crippen LogP contribution is 2.21. The summed E-state index contributed by atoms with van der Waals surface area (Å²) in [4.78, 5) is 23.1. The number of hydrogen-bond donors (Lipinski definition) is 0. The number of allylic oxidation sites excluding steroid dienone is 1. The van der Waals surface area contributed by atoms with Gasteiger partial charge < -0.3 is 14.4 Å². The smallest absolute Gasteiger partial charge is 0.409 e. The third kappa shape index (κ3) is 5.21. The van der Waals surface area contributed by atoms with Crippen LogP contribution in [0.4, 0.5) is 4.79 Å². The number of carbonyl (C=O) groups is 2. The molecule has 0 aromatic heterocycles. The molecule has 5 nitrogen and oxygen atoms in total. The molecule has 0 aromatic rings. The van der Waals surface area contributed by atoms with Gasteiger partial charge in [-0.2, -0.15) is 0 Å². The minimum Gasteiger partial charge on any atom is -0.468 e. The van der Waals surface area contributed by atoms with Crippen LogP contribution in [0.5, 0.6) is 0 Å². The van der Waals surface area contributed by atoms with Gasteiger partial charge in [0.2, 0.25) is 0 Å². The Hall–Kier alpha value is -1.52. The topological polar surface area (TPSA) is 55.8 Å². The van der Waals surface area contributed by atoms with Crippen molar-refractivity contribution in [1.82, 2.24) is 4.90 Å². The number of amides is 1. The molecular weight excluding hydrogens is 234 g/mol. The van der Waals surface area contributed by atoms with Crippen LogP contribution in [0.2, 0.25) is 0 Å². The second-order valence-electron chi connectivity index (χ2n) is 4.70. The molecule has 1 amide bonds. The Morgan fingerprint density at radius 2 is 2.17 bits per heavy atom. The molecule has 1 aliphatic carbocycles. The molecular formula is C13H21NO4. The monoisotopic (exact) mass is 255 g/mol. The highest BCUT2D eigenvalue weighted by atomic mass is 16.6. The lowest BCUT2D eigenvalue weighted by Gasteiger charge is -2.22. The van der Waals surface area contributed by atoms with Gasteiger partial charge in [-0.3, -0.25) is 4.79 Å². The van der Waals surface area contributed by atoms with E-state index in [1.54, 1.807) is 14.1 Å². The van der Waals surface area contributed by atoms with Crippen LogP contribution in [0.3, 0.4) is 0 Å². The predicted octanol–water partition coefficient (Wildman–Crippen LogP) is 1.97. The molecule has 102 valence electrons. The fraction of sp³-hybridized carbons (Fsp3) is 0.692. The van der Waals surface area contributed by atoms with Crippen LogP contribution in [-0.2, 0) is 14.3 Å². The van der Waals surface area contributed by atoms with Gasteiger partial charge in [0.05, 0.1) is 6.61 Å². The average Bonchev–Trinajstić information content (AvgIpc) is 2.31. The van der Waals surface area contributed by atoms with Gasteiger partial charge in [-0.25, -0.2) is 4.79 Å². The second-order valence-corrected chi connectivity index (χ2v) is 4.70. The molecule has 0 radical (unpaired) electrons. The maximum absolute atomic E-state index is 11.5. The second kappa shape index (κ2) is 7.74. The lowest BCUT2D eigenvalue weighted by Crippen LogP contribution is -2.28. The van der Waals surface area contributed by atoms with E-state index in [2.05, 4.69) is 0 Å². The van der Waals surface area contributed by atoms with Crippen molar-refractivity contribution >= 4 is 12.6 Å². The molecule has 0 spiro atoms. The van der Waals surface area contributed by atoms with Crippen molar-refractivity contribution in [2.75, 3.05) is 20.7 Å². The molecule has 0 aliphatic heterocycles. The van der Waals surface area contributed by atoms with Crippen molar-refractivity contribution in [3.63, 3.8) is 0 Å². The van der Waals surface area contributed by atoms with Gasteiger partial charge in [0.1, 0.15) is 6.10 Å². The van der Waals surface area contributed by atoms with E-state index in [0.29, 0.717) is 19.0 Å². The van der Waals surface area contributed by atoms with E-state index in [1.165, 1.54) is 4.90 Å². The molecule has 0 heterocycles. The van der Waals surface area contributed by atoms with Gasteiger partial charge in [0, 0.05) is 14.1 Å². The molecule has 2 atom stereocenters. The summed E-state index contributed by atoms with van der Waals surface area (Å²) in [7, 11) is 3.32. The molecule has 0 aromatic carbocycles. The van der Waals surface area contributed by atoms with Crippen molar-refractivity contribution in [1.29, 1.82) is 0 Å². The van der Waals surface area contributed by atoms with Gasteiger partial charge in [0.25, 0.3) is 6.47 Å². The van der Waals surface area contributed by atoms with Crippen LogP contribution in [0.1, 0.15) is 25.7 Å². The van der Waals surface area contributed by atoms with E-state index < -0.39 is 0 Å². The summed E-state index contributed by atoms with van der Waals surface area (Å²) < 4.78 is 10.1. The van der Waals surface area contributed by atoms with Gasteiger partial charge in [-0.1, -0.05) is 6.08 Å². The number of rotatable bonds is 4. The van der Waals surface area contributed by atoms with Crippen LogP contribution < -0.4 is 0 Å². The maximum Gasteiger partial charge on any atom is 0.409 e. The number of ether oxygens (including phenoxy) is 2. The normalized spacial score (nSPS) is 25.4. The lowest BCUT2D eigenvalue weighted by molar-refractivity contribution is -0.130. The van der Waals surface area contributed by atoms with Crippen LogP contribution >= 0.6 is 0 Å². The Morgan fingerprint density at radius 3 is 2.83 bits per heavy atom. The van der Waals surface area contributed by atoms with Crippen LogP contribution in [0.15, 0.2) is 12.2 Å². The Morgan fingerprint density at radius 1 is 1.39 bits per heavy atom. The third-order valence-electron chi connectivity index (χ3n) is 2.97. The van der Waals surface area contributed by atoms with E-state index in [-0.39, 0.29) is 12.2 Å². The van der Waals surface area contributed by atoms with Crippen molar-refractivity contribution in [2.45, 2.75) is 31.8 Å². The van der Waals surface area contributed by atoms with E-state index in [4.69, 9.17) is 9.47 Å². The highest BCUT2D eigenvalue weighted by molar-refractivity contribution is 5.67. The van der Waals surface area contributed by atoms with Crippen molar-refractivity contribution < 1.29 is 19.1 Å². The average molecular weight is 255 g/mol. The van der Waals surface area contributed by atoms with E-state index in [9.17, 15) is 9.59 Å². The molecule has 0 saturated carbocycles. The van der Waals surface area contributed by atoms with Gasteiger partial charge in [0.15, 0.2) is 0 Å². The van der Waals surface area contributed by atoms with Gasteiger partial charge in [-0.05, 0) is 37.7 Å². The molecule has 1 aliphatic rings. The summed E-state index contributed by atoms with van der Waals surface area (Å²) in [5.74, 6) is 0.348. The van der Waals surface area contributed by atoms with Crippen molar-refractivity contribution in [3.8, 4) is 0 Å². The van der Waals surface area contributed by atoms with Crippen LogP contribution in [0.25, 0.3) is 0 Å².